The average Bonchev–Trinajstić information content (AvgIpc) is 3.22. The molecule has 2 aliphatic rings. The summed E-state index contributed by atoms with van der Waals surface area (Å²) in [7, 11) is 2.65. The van der Waals surface area contributed by atoms with Crippen molar-refractivity contribution in [1.29, 1.82) is 0 Å². The van der Waals surface area contributed by atoms with E-state index in [-0.39, 0.29) is 0 Å². The third-order valence-electron chi connectivity index (χ3n) is 5.46. The molecule has 3 heterocycles. The first-order chi connectivity index (χ1) is 13.1. The highest BCUT2D eigenvalue weighted by molar-refractivity contribution is 7.27. The molecule has 0 bridgehead atoms. The highest BCUT2D eigenvalue weighted by Crippen LogP contribution is 2.39. The van der Waals surface area contributed by atoms with Crippen LogP contribution in [0, 0.1) is 6.92 Å². The fourth-order valence-corrected chi connectivity index (χ4v) is 4.47. The van der Waals surface area contributed by atoms with E-state index in [9.17, 15) is 5.11 Å². The van der Waals surface area contributed by atoms with Crippen LogP contribution < -0.4 is 10.2 Å². The number of phenolic OH excluding ortho intramolecular Hbond substituents is 1. The van der Waals surface area contributed by atoms with Crippen molar-refractivity contribution in [3.05, 3.63) is 71.5 Å². The molecule has 0 fully saturated rings. The first-order valence-electron chi connectivity index (χ1n) is 9.71. The second-order valence-corrected chi connectivity index (χ2v) is 8.04. The van der Waals surface area contributed by atoms with Crippen molar-refractivity contribution in [2.75, 3.05) is 18.0 Å². The Bertz CT molecular complexity index is 915. The third-order valence-corrected chi connectivity index (χ3v) is 5.90. The Morgan fingerprint density at radius 1 is 0.963 bits per heavy atom. The van der Waals surface area contributed by atoms with Gasteiger partial charge in [0.15, 0.2) is 0 Å². The summed E-state index contributed by atoms with van der Waals surface area (Å²) < 4.78 is 2.10. The maximum atomic E-state index is 10.1. The Morgan fingerprint density at radius 3 is 2.33 bits per heavy atom. The first-order valence-corrected chi connectivity index (χ1v) is 10.3. The van der Waals surface area contributed by atoms with E-state index in [1.165, 1.54) is 47.3 Å². The maximum absolute atomic E-state index is 10.1. The molecule has 4 heteroatoms. The van der Waals surface area contributed by atoms with Crippen molar-refractivity contribution < 1.29 is 5.11 Å². The molecule has 27 heavy (non-hydrogen) atoms. The number of rotatable bonds is 1. The number of anilines is 1. The Hall–Kier alpha value is -2.25. The molecular formula is C23H27N2OP. The van der Waals surface area contributed by atoms with Gasteiger partial charge in [0.1, 0.15) is 5.75 Å². The zero-order valence-electron chi connectivity index (χ0n) is 15.9. The molecule has 0 radical (unpaired) electrons. The SMILES string of the molecule is Cc1ccc(-n2cccc2)cc1.Oc1c(P)cc2c3c1CCCN3CCC2. The Balaban J connectivity index is 0.000000137. The van der Waals surface area contributed by atoms with E-state index in [0.29, 0.717) is 5.75 Å². The molecule has 1 atom stereocenters. The van der Waals surface area contributed by atoms with Crippen LogP contribution in [-0.4, -0.2) is 22.8 Å². The highest BCUT2D eigenvalue weighted by atomic mass is 31.0. The van der Waals surface area contributed by atoms with Crippen LogP contribution in [-0.2, 0) is 12.8 Å². The predicted molar refractivity (Wildman–Crippen MR) is 117 cm³/mol. The minimum atomic E-state index is 0.505. The van der Waals surface area contributed by atoms with Crippen LogP contribution in [0.15, 0.2) is 54.9 Å². The average molecular weight is 378 g/mol. The minimum absolute atomic E-state index is 0.505. The molecule has 2 aliphatic heterocycles. The smallest absolute Gasteiger partial charge is 0.127 e. The Labute approximate surface area is 163 Å². The lowest BCUT2D eigenvalue weighted by Gasteiger charge is -2.37. The predicted octanol–water partition coefficient (Wildman–Crippen LogP) is 4.38. The van der Waals surface area contributed by atoms with Gasteiger partial charge < -0.3 is 14.6 Å². The molecular weight excluding hydrogens is 351 g/mol. The number of aromatic hydroxyl groups is 1. The summed E-state index contributed by atoms with van der Waals surface area (Å²) in [5, 5.41) is 11.0. The molecule has 0 amide bonds. The molecule has 5 rings (SSSR count). The zero-order valence-corrected chi connectivity index (χ0v) is 17.0. The second kappa shape index (κ2) is 7.78. The van der Waals surface area contributed by atoms with Crippen LogP contribution in [0.25, 0.3) is 5.69 Å². The van der Waals surface area contributed by atoms with E-state index < -0.39 is 0 Å². The highest BCUT2D eigenvalue weighted by Gasteiger charge is 2.26. The number of aromatic nitrogens is 1. The van der Waals surface area contributed by atoms with Crippen LogP contribution in [0.5, 0.6) is 5.75 Å². The van der Waals surface area contributed by atoms with Crippen molar-refractivity contribution in [2.45, 2.75) is 32.6 Å². The van der Waals surface area contributed by atoms with Crippen LogP contribution >= 0.6 is 9.24 Å². The molecule has 0 spiro atoms. The fourth-order valence-electron chi connectivity index (χ4n) is 4.09. The van der Waals surface area contributed by atoms with Gasteiger partial charge in [-0.05, 0) is 68.5 Å². The normalized spacial score (nSPS) is 15.0. The second-order valence-electron chi connectivity index (χ2n) is 7.42. The lowest BCUT2D eigenvalue weighted by molar-refractivity contribution is 0.467. The van der Waals surface area contributed by atoms with Crippen LogP contribution in [0.3, 0.4) is 0 Å². The van der Waals surface area contributed by atoms with Crippen LogP contribution in [0.2, 0.25) is 0 Å². The fraction of sp³-hybridized carbons (Fsp3) is 0.304. The van der Waals surface area contributed by atoms with E-state index in [0.717, 1.165) is 24.8 Å². The van der Waals surface area contributed by atoms with Gasteiger partial charge in [-0.15, -0.1) is 9.24 Å². The number of hydrogen-bond donors (Lipinski definition) is 1. The van der Waals surface area contributed by atoms with Gasteiger partial charge in [-0.3, -0.25) is 0 Å². The summed E-state index contributed by atoms with van der Waals surface area (Å²) in [5.74, 6) is 0.505. The van der Waals surface area contributed by atoms with Gasteiger partial charge in [0.05, 0.1) is 0 Å². The summed E-state index contributed by atoms with van der Waals surface area (Å²) in [6.07, 6.45) is 8.72. The molecule has 1 N–H and O–H groups in total. The Kier molecular flexibility index (Phi) is 5.22. The number of nitrogens with zero attached hydrogens (tertiary/aromatic N) is 2. The van der Waals surface area contributed by atoms with E-state index in [1.54, 1.807) is 0 Å². The topological polar surface area (TPSA) is 28.4 Å². The van der Waals surface area contributed by atoms with E-state index in [4.69, 9.17) is 0 Å². The van der Waals surface area contributed by atoms with Crippen molar-refractivity contribution >= 4 is 20.2 Å². The lowest BCUT2D eigenvalue weighted by atomic mass is 9.91. The third kappa shape index (κ3) is 3.75. The summed E-state index contributed by atoms with van der Waals surface area (Å²) >= 11 is 0. The molecule has 3 aromatic rings. The van der Waals surface area contributed by atoms with Gasteiger partial charge in [-0.25, -0.2) is 0 Å². The minimum Gasteiger partial charge on any atom is -0.507 e. The lowest BCUT2D eigenvalue weighted by Crippen LogP contribution is -2.35. The van der Waals surface area contributed by atoms with E-state index >= 15 is 0 Å². The molecule has 0 aliphatic carbocycles. The molecule has 1 unspecified atom stereocenters. The van der Waals surface area contributed by atoms with Gasteiger partial charge in [0.2, 0.25) is 0 Å². The van der Waals surface area contributed by atoms with E-state index in [1.807, 2.05) is 24.5 Å². The van der Waals surface area contributed by atoms with Gasteiger partial charge in [-0.2, -0.15) is 0 Å². The molecule has 0 saturated carbocycles. The van der Waals surface area contributed by atoms with Crippen LogP contribution in [0.1, 0.15) is 29.5 Å². The summed E-state index contributed by atoms with van der Waals surface area (Å²) in [4.78, 5) is 2.45. The maximum Gasteiger partial charge on any atom is 0.127 e. The molecule has 3 nitrogen and oxygen atoms in total. The van der Waals surface area contributed by atoms with Crippen molar-refractivity contribution in [3.63, 3.8) is 0 Å². The number of phenols is 1. The van der Waals surface area contributed by atoms with Crippen molar-refractivity contribution in [2.24, 2.45) is 0 Å². The van der Waals surface area contributed by atoms with Crippen molar-refractivity contribution in [1.82, 2.24) is 4.57 Å². The van der Waals surface area contributed by atoms with Gasteiger partial charge in [0.25, 0.3) is 0 Å². The number of hydrogen-bond acceptors (Lipinski definition) is 2. The molecule has 0 saturated heterocycles. The Morgan fingerprint density at radius 2 is 1.63 bits per heavy atom. The summed E-state index contributed by atoms with van der Waals surface area (Å²) in [5.41, 5.74) is 6.47. The largest absolute Gasteiger partial charge is 0.507 e. The molecule has 1 aromatic heterocycles. The number of benzene rings is 2. The molecule has 140 valence electrons. The van der Waals surface area contributed by atoms with Gasteiger partial charge >= 0.3 is 0 Å². The van der Waals surface area contributed by atoms with Gasteiger partial charge in [0, 0.05) is 47.7 Å². The first kappa shape index (κ1) is 18.1. The standard InChI is InChI=1S/C12H16NOP.C11H11N/c14-12-9-4-2-6-13-5-1-3-8(11(9)13)7-10(12)15;1-10-4-6-11(7-5-10)12-8-2-3-9-12/h7,14H,1-6,15H2;2-9H,1H3. The van der Waals surface area contributed by atoms with Crippen LogP contribution in [0.4, 0.5) is 5.69 Å². The zero-order chi connectivity index (χ0) is 18.8. The number of aryl methyl sites for hydroxylation is 2. The van der Waals surface area contributed by atoms with Crippen molar-refractivity contribution in [3.8, 4) is 11.4 Å². The molecule has 2 aromatic carbocycles. The monoisotopic (exact) mass is 378 g/mol. The van der Waals surface area contributed by atoms with Gasteiger partial charge in [-0.1, -0.05) is 17.7 Å². The quantitative estimate of drug-likeness (QED) is 0.637. The summed E-state index contributed by atoms with van der Waals surface area (Å²) in [6, 6.07) is 14.7. The summed E-state index contributed by atoms with van der Waals surface area (Å²) in [6.45, 7) is 4.42. The van der Waals surface area contributed by atoms with E-state index in [2.05, 4.69) is 56.0 Å².